The topological polar surface area (TPSA) is 20.2 Å². The van der Waals surface area contributed by atoms with Crippen molar-refractivity contribution in [3.63, 3.8) is 0 Å². The maximum absolute atomic E-state index is 10.2. The molecule has 0 bridgehead atoms. The van der Waals surface area contributed by atoms with E-state index < -0.39 is 0 Å². The van der Waals surface area contributed by atoms with Crippen LogP contribution < -0.4 is 0 Å². The third-order valence-electron chi connectivity index (χ3n) is 6.29. The Hall–Kier alpha value is -0.980. The van der Waals surface area contributed by atoms with Crippen molar-refractivity contribution < 1.29 is 5.11 Å². The predicted octanol–water partition coefficient (Wildman–Crippen LogP) is 9.46. The van der Waals surface area contributed by atoms with Crippen molar-refractivity contribution >= 4 is 0 Å². The second-order valence-electron chi connectivity index (χ2n) is 9.01. The average Bonchev–Trinajstić information content (AvgIpc) is 2.69. The number of aromatic hydroxyl groups is 1. The molecule has 1 rings (SSSR count). The van der Waals surface area contributed by atoms with E-state index in [9.17, 15) is 5.11 Å². The number of rotatable bonds is 18. The minimum Gasteiger partial charge on any atom is -0.507 e. The van der Waals surface area contributed by atoms with E-state index in [0.717, 1.165) is 11.1 Å². The second kappa shape index (κ2) is 16.9. The van der Waals surface area contributed by atoms with Crippen LogP contribution in [0.1, 0.15) is 140 Å². The average molecular weight is 389 g/mol. The van der Waals surface area contributed by atoms with E-state index >= 15 is 0 Å². The Kier molecular flexibility index (Phi) is 15.1. The molecule has 0 aliphatic heterocycles. The van der Waals surface area contributed by atoms with Gasteiger partial charge >= 0.3 is 0 Å². The van der Waals surface area contributed by atoms with E-state index in [-0.39, 0.29) is 0 Å². The summed E-state index contributed by atoms with van der Waals surface area (Å²) in [7, 11) is 0. The van der Waals surface area contributed by atoms with Gasteiger partial charge in [-0.2, -0.15) is 0 Å². The molecule has 1 aromatic carbocycles. The van der Waals surface area contributed by atoms with Gasteiger partial charge in [-0.1, -0.05) is 135 Å². The van der Waals surface area contributed by atoms with Gasteiger partial charge in [-0.25, -0.2) is 0 Å². The number of hydrogen-bond acceptors (Lipinski definition) is 1. The van der Waals surface area contributed by atoms with Crippen molar-refractivity contribution in [2.45, 2.75) is 136 Å². The van der Waals surface area contributed by atoms with Gasteiger partial charge in [0.05, 0.1) is 0 Å². The molecule has 28 heavy (non-hydrogen) atoms. The van der Waals surface area contributed by atoms with Crippen molar-refractivity contribution in [3.05, 3.63) is 29.3 Å². The van der Waals surface area contributed by atoms with E-state index in [1.165, 1.54) is 109 Å². The van der Waals surface area contributed by atoms with Gasteiger partial charge in [0.1, 0.15) is 5.75 Å². The van der Waals surface area contributed by atoms with Gasteiger partial charge in [0.15, 0.2) is 0 Å². The highest BCUT2D eigenvalue weighted by molar-refractivity contribution is 5.41. The Morgan fingerprint density at radius 2 is 1.11 bits per heavy atom. The summed E-state index contributed by atoms with van der Waals surface area (Å²) in [4.78, 5) is 0. The van der Waals surface area contributed by atoms with Gasteiger partial charge in [-0.15, -0.1) is 0 Å². The lowest BCUT2D eigenvalue weighted by molar-refractivity contribution is 0.453. The zero-order chi connectivity index (χ0) is 20.5. The van der Waals surface area contributed by atoms with Gasteiger partial charge in [0, 0.05) is 0 Å². The zero-order valence-electron chi connectivity index (χ0n) is 19.3. The number of phenolic OH excluding ortho intramolecular Hbond substituents is 1. The Morgan fingerprint density at radius 1 is 0.679 bits per heavy atom. The van der Waals surface area contributed by atoms with Crippen molar-refractivity contribution in [3.8, 4) is 5.75 Å². The maximum atomic E-state index is 10.2. The quantitative estimate of drug-likeness (QED) is 0.248. The van der Waals surface area contributed by atoms with Gasteiger partial charge in [0.25, 0.3) is 0 Å². The fraction of sp³-hybridized carbons (Fsp3) is 0.778. The van der Waals surface area contributed by atoms with Crippen LogP contribution in [0.25, 0.3) is 0 Å². The van der Waals surface area contributed by atoms with E-state index in [2.05, 4.69) is 26.0 Å². The minimum atomic E-state index is 0.464. The van der Waals surface area contributed by atoms with Crippen LogP contribution in [-0.2, 0) is 0 Å². The summed E-state index contributed by atoms with van der Waals surface area (Å²) in [5, 5.41) is 10.2. The van der Waals surface area contributed by atoms with Crippen LogP contribution in [0, 0.1) is 6.92 Å². The van der Waals surface area contributed by atoms with E-state index in [1.807, 2.05) is 13.0 Å². The second-order valence-corrected chi connectivity index (χ2v) is 9.01. The normalized spacial score (nSPS) is 12.4. The first kappa shape index (κ1) is 25.1. The third-order valence-corrected chi connectivity index (χ3v) is 6.29. The Bertz CT molecular complexity index is 479. The molecule has 1 heteroatoms. The molecule has 162 valence electrons. The summed E-state index contributed by atoms with van der Waals surface area (Å²) in [6.07, 6.45) is 23.9. The molecule has 1 atom stereocenters. The molecule has 1 N–H and O–H groups in total. The molecule has 0 heterocycles. The van der Waals surface area contributed by atoms with Crippen molar-refractivity contribution in [1.29, 1.82) is 0 Å². The van der Waals surface area contributed by atoms with Gasteiger partial charge in [0.2, 0.25) is 0 Å². The molecule has 1 unspecified atom stereocenters. The molecule has 0 saturated carbocycles. The number of hydrogen-bond donors (Lipinski definition) is 1. The molecule has 0 saturated heterocycles. The monoisotopic (exact) mass is 388 g/mol. The number of phenols is 1. The first-order valence-electron chi connectivity index (χ1n) is 12.4. The Labute approximate surface area is 176 Å². The number of aryl methyl sites for hydroxylation is 1. The van der Waals surface area contributed by atoms with Crippen LogP contribution >= 0.6 is 0 Å². The number of para-hydroxylation sites is 1. The summed E-state index contributed by atoms with van der Waals surface area (Å²) in [6, 6.07) is 6.13. The minimum absolute atomic E-state index is 0.464. The third kappa shape index (κ3) is 11.8. The van der Waals surface area contributed by atoms with E-state index in [1.54, 1.807) is 0 Å². The first-order chi connectivity index (χ1) is 13.7. The van der Waals surface area contributed by atoms with Crippen LogP contribution in [0.15, 0.2) is 18.2 Å². The Balaban J connectivity index is 1.86. The molecule has 0 fully saturated rings. The summed E-state index contributed by atoms with van der Waals surface area (Å²) in [5.41, 5.74) is 2.12. The summed E-state index contributed by atoms with van der Waals surface area (Å²) < 4.78 is 0. The summed E-state index contributed by atoms with van der Waals surface area (Å²) >= 11 is 0. The van der Waals surface area contributed by atoms with Gasteiger partial charge < -0.3 is 5.11 Å². The SMILES string of the molecule is CCCCCCCCCCCCCCCCCCC(C)c1cccc(C)c1O. The first-order valence-corrected chi connectivity index (χ1v) is 12.4. The lowest BCUT2D eigenvalue weighted by Crippen LogP contribution is -1.95. The van der Waals surface area contributed by atoms with Crippen LogP contribution in [0.3, 0.4) is 0 Å². The Morgan fingerprint density at radius 3 is 1.57 bits per heavy atom. The van der Waals surface area contributed by atoms with Crippen molar-refractivity contribution in [2.75, 3.05) is 0 Å². The predicted molar refractivity (Wildman–Crippen MR) is 125 cm³/mol. The smallest absolute Gasteiger partial charge is 0.121 e. The molecule has 1 nitrogen and oxygen atoms in total. The van der Waals surface area contributed by atoms with E-state index in [4.69, 9.17) is 0 Å². The maximum Gasteiger partial charge on any atom is 0.121 e. The molecule has 1 aromatic rings. The molecular weight excluding hydrogens is 340 g/mol. The molecule has 0 spiro atoms. The number of unbranched alkanes of at least 4 members (excludes halogenated alkanes) is 15. The fourth-order valence-corrected chi connectivity index (χ4v) is 4.23. The van der Waals surface area contributed by atoms with Crippen LogP contribution in [0.4, 0.5) is 0 Å². The van der Waals surface area contributed by atoms with E-state index in [0.29, 0.717) is 11.7 Å². The van der Waals surface area contributed by atoms with Gasteiger partial charge in [-0.3, -0.25) is 0 Å². The fourth-order valence-electron chi connectivity index (χ4n) is 4.23. The van der Waals surface area contributed by atoms with Crippen molar-refractivity contribution in [2.24, 2.45) is 0 Å². The van der Waals surface area contributed by atoms with Crippen LogP contribution in [0.5, 0.6) is 5.75 Å². The largest absolute Gasteiger partial charge is 0.507 e. The summed E-state index contributed by atoms with van der Waals surface area (Å²) in [6.45, 7) is 6.53. The van der Waals surface area contributed by atoms with Gasteiger partial charge in [-0.05, 0) is 30.4 Å². The number of benzene rings is 1. The molecular formula is C27H48O. The highest BCUT2D eigenvalue weighted by Crippen LogP contribution is 2.31. The van der Waals surface area contributed by atoms with Crippen LogP contribution in [-0.4, -0.2) is 5.11 Å². The molecule has 0 aromatic heterocycles. The highest BCUT2D eigenvalue weighted by atomic mass is 16.3. The van der Waals surface area contributed by atoms with Crippen molar-refractivity contribution in [1.82, 2.24) is 0 Å². The molecule has 0 aliphatic carbocycles. The lowest BCUT2D eigenvalue weighted by Gasteiger charge is -2.14. The standard InChI is InChI=1S/C27H48O/c1-4-5-6-7-8-9-10-11-12-13-14-15-16-17-18-19-21-24(2)26-23-20-22-25(3)27(26)28/h20,22-24,28H,4-19,21H2,1-3H3. The zero-order valence-corrected chi connectivity index (χ0v) is 19.3. The molecule has 0 aliphatic rings. The van der Waals surface area contributed by atoms with Crippen LogP contribution in [0.2, 0.25) is 0 Å². The molecule has 0 radical (unpaired) electrons. The lowest BCUT2D eigenvalue weighted by atomic mass is 9.92. The molecule has 0 amide bonds. The highest BCUT2D eigenvalue weighted by Gasteiger charge is 2.11. The summed E-state index contributed by atoms with van der Waals surface area (Å²) in [5.74, 6) is 0.970.